The molecule has 7 nitrogen and oxygen atoms in total. The maximum Gasteiger partial charge on any atom is 0.271 e. The lowest BCUT2D eigenvalue weighted by Crippen LogP contribution is -2.48. The first-order chi connectivity index (χ1) is 12.6. The molecule has 2 aromatic carbocycles. The predicted octanol–water partition coefficient (Wildman–Crippen LogP) is 2.96. The number of hydrogen-bond acceptors (Lipinski definition) is 5. The Morgan fingerprint density at radius 2 is 1.85 bits per heavy atom. The van der Waals surface area contributed by atoms with Crippen LogP contribution >= 0.6 is 0 Å². The molecular formula is C19H21N3O4. The van der Waals surface area contributed by atoms with E-state index in [1.165, 1.54) is 6.07 Å². The first-order valence-corrected chi connectivity index (χ1v) is 8.60. The van der Waals surface area contributed by atoms with Crippen molar-refractivity contribution in [2.45, 2.75) is 6.92 Å². The van der Waals surface area contributed by atoms with Crippen LogP contribution in [0.2, 0.25) is 0 Å². The van der Waals surface area contributed by atoms with Crippen LogP contribution in [-0.2, 0) is 0 Å². The Morgan fingerprint density at radius 3 is 2.54 bits per heavy atom. The summed E-state index contributed by atoms with van der Waals surface area (Å²) in [6.45, 7) is 4.77. The van der Waals surface area contributed by atoms with Crippen LogP contribution in [0.1, 0.15) is 17.3 Å². The molecule has 1 aliphatic rings. The Bertz CT molecular complexity index is 801. The zero-order chi connectivity index (χ0) is 18.5. The van der Waals surface area contributed by atoms with E-state index in [1.807, 2.05) is 25.1 Å². The van der Waals surface area contributed by atoms with Gasteiger partial charge in [0.15, 0.2) is 0 Å². The van der Waals surface area contributed by atoms with Crippen LogP contribution in [0, 0.1) is 10.1 Å². The van der Waals surface area contributed by atoms with Crippen LogP contribution in [-0.4, -0.2) is 48.5 Å². The minimum absolute atomic E-state index is 0.0484. The Balaban J connectivity index is 1.68. The molecular weight excluding hydrogens is 334 g/mol. The molecule has 1 amide bonds. The van der Waals surface area contributed by atoms with Gasteiger partial charge in [-0.05, 0) is 25.1 Å². The normalized spacial score (nSPS) is 14.2. The second-order valence-corrected chi connectivity index (χ2v) is 5.99. The van der Waals surface area contributed by atoms with E-state index in [0.29, 0.717) is 44.1 Å². The summed E-state index contributed by atoms with van der Waals surface area (Å²) in [5.41, 5.74) is 1.45. The Kier molecular flexibility index (Phi) is 5.36. The summed E-state index contributed by atoms with van der Waals surface area (Å²) in [6.07, 6.45) is 0. The maximum atomic E-state index is 12.8. The van der Waals surface area contributed by atoms with E-state index in [1.54, 1.807) is 29.2 Å². The smallest absolute Gasteiger partial charge is 0.271 e. The third-order valence-corrected chi connectivity index (χ3v) is 4.39. The number of carbonyl (C=O) groups is 1. The van der Waals surface area contributed by atoms with Gasteiger partial charge in [0.1, 0.15) is 5.75 Å². The van der Waals surface area contributed by atoms with E-state index in [4.69, 9.17) is 4.74 Å². The largest absolute Gasteiger partial charge is 0.493 e. The Morgan fingerprint density at radius 1 is 1.12 bits per heavy atom. The fraction of sp³-hybridized carbons (Fsp3) is 0.316. The number of non-ortho nitro benzene ring substituents is 1. The third-order valence-electron chi connectivity index (χ3n) is 4.39. The first kappa shape index (κ1) is 17.7. The molecule has 136 valence electrons. The highest BCUT2D eigenvalue weighted by Gasteiger charge is 2.24. The first-order valence-electron chi connectivity index (χ1n) is 8.60. The van der Waals surface area contributed by atoms with E-state index in [-0.39, 0.29) is 11.6 Å². The molecule has 0 unspecified atom stereocenters. The molecule has 0 aromatic heterocycles. The second kappa shape index (κ2) is 7.86. The van der Waals surface area contributed by atoms with Crippen LogP contribution < -0.4 is 9.64 Å². The summed E-state index contributed by atoms with van der Waals surface area (Å²) in [6, 6.07) is 13.8. The molecule has 3 rings (SSSR count). The van der Waals surface area contributed by atoms with E-state index in [0.717, 1.165) is 5.69 Å². The van der Waals surface area contributed by atoms with Gasteiger partial charge in [-0.3, -0.25) is 14.9 Å². The highest BCUT2D eigenvalue weighted by atomic mass is 16.6. The second-order valence-electron chi connectivity index (χ2n) is 5.99. The van der Waals surface area contributed by atoms with Crippen molar-refractivity contribution >= 4 is 17.3 Å². The topological polar surface area (TPSA) is 75.9 Å². The van der Waals surface area contributed by atoms with Gasteiger partial charge in [0.05, 0.1) is 17.1 Å². The number of benzene rings is 2. The van der Waals surface area contributed by atoms with Crippen LogP contribution in [0.5, 0.6) is 5.75 Å². The summed E-state index contributed by atoms with van der Waals surface area (Å²) in [4.78, 5) is 27.2. The molecule has 0 bridgehead atoms. The lowest BCUT2D eigenvalue weighted by atomic mass is 10.1. The third kappa shape index (κ3) is 3.77. The van der Waals surface area contributed by atoms with E-state index >= 15 is 0 Å². The van der Waals surface area contributed by atoms with Crippen molar-refractivity contribution in [2.75, 3.05) is 37.7 Å². The van der Waals surface area contributed by atoms with Crippen molar-refractivity contribution in [1.82, 2.24) is 4.90 Å². The highest BCUT2D eigenvalue weighted by molar-refractivity contribution is 5.97. The Labute approximate surface area is 151 Å². The Hall–Kier alpha value is -3.09. The van der Waals surface area contributed by atoms with Gasteiger partial charge < -0.3 is 14.5 Å². The molecule has 0 atom stereocenters. The van der Waals surface area contributed by atoms with Crippen molar-refractivity contribution < 1.29 is 14.5 Å². The van der Waals surface area contributed by atoms with Crippen molar-refractivity contribution in [3.63, 3.8) is 0 Å². The standard InChI is InChI=1S/C19H21N3O4/c1-2-26-18-9-4-3-8-17(18)19(23)21-12-10-20(11-13-21)15-6-5-7-16(14-15)22(24)25/h3-9,14H,2,10-13H2,1H3. The van der Waals surface area contributed by atoms with Crippen LogP contribution in [0.4, 0.5) is 11.4 Å². The molecule has 1 fully saturated rings. The van der Waals surface area contributed by atoms with Crippen LogP contribution in [0.3, 0.4) is 0 Å². The quantitative estimate of drug-likeness (QED) is 0.609. The van der Waals surface area contributed by atoms with Gasteiger partial charge in [-0.15, -0.1) is 0 Å². The number of ether oxygens (including phenoxy) is 1. The summed E-state index contributed by atoms with van der Waals surface area (Å²) >= 11 is 0. The number of rotatable bonds is 5. The SMILES string of the molecule is CCOc1ccccc1C(=O)N1CCN(c2cccc([N+](=O)[O-])c2)CC1. The van der Waals surface area contributed by atoms with Gasteiger partial charge in [0.25, 0.3) is 11.6 Å². The highest BCUT2D eigenvalue weighted by Crippen LogP contribution is 2.24. The minimum Gasteiger partial charge on any atom is -0.493 e. The lowest BCUT2D eigenvalue weighted by molar-refractivity contribution is -0.384. The predicted molar refractivity (Wildman–Crippen MR) is 98.8 cm³/mol. The minimum atomic E-state index is -0.395. The molecule has 0 N–H and O–H groups in total. The number of amides is 1. The average molecular weight is 355 g/mol. The summed E-state index contributed by atoms with van der Waals surface area (Å²) in [5.74, 6) is 0.550. The van der Waals surface area contributed by atoms with Crippen LogP contribution in [0.15, 0.2) is 48.5 Å². The fourth-order valence-corrected chi connectivity index (χ4v) is 3.07. The number of carbonyl (C=O) groups excluding carboxylic acids is 1. The zero-order valence-corrected chi connectivity index (χ0v) is 14.6. The van der Waals surface area contributed by atoms with Gasteiger partial charge in [0.2, 0.25) is 0 Å². The molecule has 1 heterocycles. The molecule has 0 radical (unpaired) electrons. The number of anilines is 1. The van der Waals surface area contributed by atoms with Crippen molar-refractivity contribution in [1.29, 1.82) is 0 Å². The number of piperazine rings is 1. The van der Waals surface area contributed by atoms with Gasteiger partial charge in [-0.1, -0.05) is 18.2 Å². The molecule has 1 aliphatic heterocycles. The average Bonchev–Trinajstić information content (AvgIpc) is 2.68. The van der Waals surface area contributed by atoms with Crippen LogP contribution in [0.25, 0.3) is 0 Å². The number of nitrogens with zero attached hydrogens (tertiary/aromatic N) is 3. The van der Waals surface area contributed by atoms with E-state index in [2.05, 4.69) is 4.90 Å². The summed E-state index contributed by atoms with van der Waals surface area (Å²) in [7, 11) is 0. The van der Waals surface area contributed by atoms with E-state index in [9.17, 15) is 14.9 Å². The van der Waals surface area contributed by atoms with Gasteiger partial charge in [-0.25, -0.2) is 0 Å². The molecule has 1 saturated heterocycles. The molecule has 26 heavy (non-hydrogen) atoms. The molecule has 0 spiro atoms. The lowest BCUT2D eigenvalue weighted by Gasteiger charge is -2.36. The van der Waals surface area contributed by atoms with Gasteiger partial charge in [0, 0.05) is 44.0 Å². The molecule has 7 heteroatoms. The number of para-hydroxylation sites is 1. The summed E-state index contributed by atoms with van der Waals surface area (Å²) in [5, 5.41) is 10.9. The fourth-order valence-electron chi connectivity index (χ4n) is 3.07. The number of nitro groups is 1. The van der Waals surface area contributed by atoms with Crippen molar-refractivity contribution in [2.24, 2.45) is 0 Å². The number of nitro benzene ring substituents is 1. The van der Waals surface area contributed by atoms with Gasteiger partial charge in [-0.2, -0.15) is 0 Å². The zero-order valence-electron chi connectivity index (χ0n) is 14.6. The molecule has 0 aliphatic carbocycles. The monoisotopic (exact) mass is 355 g/mol. The maximum absolute atomic E-state index is 12.8. The van der Waals surface area contributed by atoms with Crippen molar-refractivity contribution in [3.8, 4) is 5.75 Å². The van der Waals surface area contributed by atoms with Gasteiger partial charge >= 0.3 is 0 Å². The molecule has 2 aromatic rings. The molecule has 0 saturated carbocycles. The summed E-state index contributed by atoms with van der Waals surface area (Å²) < 4.78 is 5.55. The van der Waals surface area contributed by atoms with Crippen molar-refractivity contribution in [3.05, 3.63) is 64.2 Å². The number of hydrogen-bond donors (Lipinski definition) is 0. The van der Waals surface area contributed by atoms with E-state index < -0.39 is 4.92 Å².